The zero-order valence-corrected chi connectivity index (χ0v) is 21.2. The number of pyridine rings is 2. The second kappa shape index (κ2) is 9.78. The summed E-state index contributed by atoms with van der Waals surface area (Å²) in [5, 5.41) is 12.5. The van der Waals surface area contributed by atoms with Gasteiger partial charge in [0, 0.05) is 62.7 Å². The van der Waals surface area contributed by atoms with Crippen molar-refractivity contribution in [2.75, 3.05) is 37.2 Å². The van der Waals surface area contributed by atoms with E-state index in [4.69, 9.17) is 14.6 Å². The number of hydrazone groups is 1. The quantitative estimate of drug-likeness (QED) is 0.585. The van der Waals surface area contributed by atoms with E-state index in [1.165, 1.54) is 13.0 Å². The molecule has 4 rings (SSSR count). The van der Waals surface area contributed by atoms with Gasteiger partial charge in [0.05, 0.1) is 30.2 Å². The van der Waals surface area contributed by atoms with Crippen LogP contribution in [0.25, 0.3) is 0 Å². The van der Waals surface area contributed by atoms with Crippen molar-refractivity contribution in [3.63, 3.8) is 0 Å². The second-order valence-electron chi connectivity index (χ2n) is 8.98. The third-order valence-corrected chi connectivity index (χ3v) is 6.66. The maximum absolute atomic E-state index is 12.3. The SMILES string of the molecule is CC(=O)Nc1cc(Nc2cc(OC(C)C)cc(S(C)(=O)=O)n2)c(C2=NN(C)C3CCOCC23)cn1. The number of fused-ring (bicyclic) bond motifs is 1. The Hall–Kier alpha value is -3.25. The Morgan fingerprint density at radius 3 is 2.71 bits per heavy atom. The molecule has 2 aromatic heterocycles. The van der Waals surface area contributed by atoms with Crippen LogP contribution in [0.4, 0.5) is 17.3 Å². The summed E-state index contributed by atoms with van der Waals surface area (Å²) in [6, 6.07) is 4.93. The highest BCUT2D eigenvalue weighted by atomic mass is 32.2. The van der Waals surface area contributed by atoms with Crippen molar-refractivity contribution in [1.82, 2.24) is 15.0 Å². The van der Waals surface area contributed by atoms with Gasteiger partial charge in [-0.1, -0.05) is 0 Å². The lowest BCUT2D eigenvalue weighted by Crippen LogP contribution is -2.39. The number of hydrogen-bond acceptors (Lipinski definition) is 10. The lowest BCUT2D eigenvalue weighted by Gasteiger charge is -2.29. The second-order valence-corrected chi connectivity index (χ2v) is 10.9. The Labute approximate surface area is 204 Å². The van der Waals surface area contributed by atoms with Gasteiger partial charge in [-0.2, -0.15) is 5.10 Å². The first-order chi connectivity index (χ1) is 16.5. The van der Waals surface area contributed by atoms with Gasteiger partial charge >= 0.3 is 0 Å². The van der Waals surface area contributed by atoms with Gasteiger partial charge in [-0.25, -0.2) is 18.4 Å². The molecule has 2 unspecified atom stereocenters. The fourth-order valence-corrected chi connectivity index (χ4v) is 4.83. The summed E-state index contributed by atoms with van der Waals surface area (Å²) in [7, 11) is -1.66. The number of ether oxygens (including phenoxy) is 2. The summed E-state index contributed by atoms with van der Waals surface area (Å²) in [5.74, 6) is 0.769. The molecule has 4 heterocycles. The highest BCUT2D eigenvalue weighted by Crippen LogP contribution is 2.34. The molecular weight excluding hydrogens is 472 g/mol. The third-order valence-electron chi connectivity index (χ3n) is 5.69. The van der Waals surface area contributed by atoms with Crippen molar-refractivity contribution in [1.29, 1.82) is 0 Å². The van der Waals surface area contributed by atoms with Crippen LogP contribution < -0.4 is 15.4 Å². The Bertz CT molecular complexity index is 1260. The summed E-state index contributed by atoms with van der Waals surface area (Å²) < 4.78 is 36.0. The predicted molar refractivity (Wildman–Crippen MR) is 132 cm³/mol. The molecule has 35 heavy (non-hydrogen) atoms. The van der Waals surface area contributed by atoms with E-state index >= 15 is 0 Å². The first-order valence-corrected chi connectivity index (χ1v) is 13.2. The van der Waals surface area contributed by atoms with Gasteiger partial charge in [0.2, 0.25) is 5.91 Å². The molecule has 0 bridgehead atoms. The van der Waals surface area contributed by atoms with Crippen molar-refractivity contribution in [2.45, 2.75) is 44.4 Å². The molecule has 11 nitrogen and oxygen atoms in total. The molecule has 2 aliphatic rings. The van der Waals surface area contributed by atoms with Crippen molar-refractivity contribution < 1.29 is 22.7 Å². The number of amides is 1. The lowest BCUT2D eigenvalue weighted by molar-refractivity contribution is -0.114. The van der Waals surface area contributed by atoms with Gasteiger partial charge in [-0.05, 0) is 20.3 Å². The Morgan fingerprint density at radius 1 is 1.26 bits per heavy atom. The van der Waals surface area contributed by atoms with Gasteiger partial charge in [-0.3, -0.25) is 9.80 Å². The van der Waals surface area contributed by atoms with Gasteiger partial charge in [0.25, 0.3) is 0 Å². The van der Waals surface area contributed by atoms with Crippen LogP contribution >= 0.6 is 0 Å². The minimum atomic E-state index is -3.60. The first kappa shape index (κ1) is 24.9. The molecule has 1 fully saturated rings. The van der Waals surface area contributed by atoms with Crippen molar-refractivity contribution in [2.24, 2.45) is 11.0 Å². The average Bonchev–Trinajstić information content (AvgIpc) is 3.09. The molecule has 2 N–H and O–H groups in total. The monoisotopic (exact) mass is 502 g/mol. The largest absolute Gasteiger partial charge is 0.491 e. The molecule has 188 valence electrons. The van der Waals surface area contributed by atoms with E-state index in [1.807, 2.05) is 25.9 Å². The van der Waals surface area contributed by atoms with Gasteiger partial charge in [0.15, 0.2) is 14.9 Å². The zero-order chi connectivity index (χ0) is 25.3. The lowest BCUT2D eigenvalue weighted by atomic mass is 9.89. The number of carbonyl (C=O) groups is 1. The molecule has 2 aromatic rings. The summed E-state index contributed by atoms with van der Waals surface area (Å²) in [5.41, 5.74) is 2.08. The molecule has 1 saturated heterocycles. The van der Waals surface area contributed by atoms with Gasteiger partial charge in [0.1, 0.15) is 17.4 Å². The Balaban J connectivity index is 1.78. The van der Waals surface area contributed by atoms with E-state index in [1.54, 1.807) is 18.3 Å². The number of anilines is 3. The number of hydrogen-bond donors (Lipinski definition) is 2. The van der Waals surface area contributed by atoms with E-state index < -0.39 is 9.84 Å². The van der Waals surface area contributed by atoms with Crippen LogP contribution in [0.3, 0.4) is 0 Å². The van der Waals surface area contributed by atoms with Crippen LogP contribution in [0.15, 0.2) is 34.5 Å². The highest BCUT2D eigenvalue weighted by Gasteiger charge is 2.39. The fraction of sp³-hybridized carbons (Fsp3) is 0.478. The summed E-state index contributed by atoms with van der Waals surface area (Å²) in [4.78, 5) is 20.3. The average molecular weight is 503 g/mol. The molecule has 0 radical (unpaired) electrons. The Kier molecular flexibility index (Phi) is 6.95. The summed E-state index contributed by atoms with van der Waals surface area (Å²) in [6.45, 7) is 6.32. The van der Waals surface area contributed by atoms with Crippen LogP contribution in [-0.4, -0.2) is 73.7 Å². The van der Waals surface area contributed by atoms with Crippen LogP contribution in [0, 0.1) is 5.92 Å². The molecule has 0 saturated carbocycles. The molecule has 2 aliphatic heterocycles. The van der Waals surface area contributed by atoms with Crippen LogP contribution in [0.1, 0.15) is 32.8 Å². The Morgan fingerprint density at radius 2 is 2.03 bits per heavy atom. The summed E-state index contributed by atoms with van der Waals surface area (Å²) >= 11 is 0. The van der Waals surface area contributed by atoms with E-state index in [9.17, 15) is 13.2 Å². The number of carbonyl (C=O) groups excluding carboxylic acids is 1. The van der Waals surface area contributed by atoms with E-state index in [2.05, 4.69) is 20.6 Å². The van der Waals surface area contributed by atoms with Crippen molar-refractivity contribution in [3.8, 4) is 5.75 Å². The fourth-order valence-electron chi connectivity index (χ4n) is 4.23. The molecule has 1 amide bonds. The molecular formula is C23H30N6O5S. The standard InChI is InChI=1S/C23H30N6O5S/c1-13(2)34-15-8-21(27-22(9-15)35(5,31)32)26-18-10-20(25-14(3)30)24-11-16(18)23-17-12-33-7-6-19(17)29(4)28-23/h8-11,13,17,19H,6-7,12H2,1-5H3,(H2,24,25,26,27,30). The molecule has 0 spiro atoms. The third kappa shape index (κ3) is 5.70. The first-order valence-electron chi connectivity index (χ1n) is 11.3. The van der Waals surface area contributed by atoms with Crippen LogP contribution in [0.5, 0.6) is 5.75 Å². The number of aromatic nitrogens is 2. The zero-order valence-electron chi connectivity index (χ0n) is 20.4. The smallest absolute Gasteiger partial charge is 0.222 e. The maximum Gasteiger partial charge on any atom is 0.222 e. The number of rotatable bonds is 7. The van der Waals surface area contributed by atoms with Crippen molar-refractivity contribution >= 4 is 38.8 Å². The highest BCUT2D eigenvalue weighted by molar-refractivity contribution is 7.90. The van der Waals surface area contributed by atoms with E-state index in [-0.39, 0.29) is 34.8 Å². The van der Waals surface area contributed by atoms with Crippen LogP contribution in [-0.2, 0) is 19.4 Å². The number of nitrogens with zero attached hydrogens (tertiary/aromatic N) is 4. The molecule has 0 aromatic carbocycles. The van der Waals surface area contributed by atoms with E-state index in [0.29, 0.717) is 36.0 Å². The normalized spacial score (nSPS) is 19.8. The van der Waals surface area contributed by atoms with Crippen LogP contribution in [0.2, 0.25) is 0 Å². The number of nitrogens with one attached hydrogen (secondary N) is 2. The van der Waals surface area contributed by atoms with Gasteiger partial charge < -0.3 is 20.1 Å². The van der Waals surface area contributed by atoms with Gasteiger partial charge in [-0.15, -0.1) is 0 Å². The van der Waals surface area contributed by atoms with Crippen molar-refractivity contribution in [3.05, 3.63) is 30.0 Å². The predicted octanol–water partition coefficient (Wildman–Crippen LogP) is 2.42. The minimum Gasteiger partial charge on any atom is -0.491 e. The number of sulfone groups is 1. The maximum atomic E-state index is 12.3. The molecule has 12 heteroatoms. The topological polar surface area (TPSA) is 135 Å². The summed E-state index contributed by atoms with van der Waals surface area (Å²) in [6.07, 6.45) is 3.44. The molecule has 2 atom stereocenters. The minimum absolute atomic E-state index is 0.0536. The van der Waals surface area contributed by atoms with E-state index in [0.717, 1.165) is 18.4 Å². The molecule has 0 aliphatic carbocycles.